The maximum Gasteiger partial charge on any atom is 0.328 e. The summed E-state index contributed by atoms with van der Waals surface area (Å²) in [5.74, 6) is -0.893. The molecule has 1 unspecified atom stereocenters. The van der Waals surface area contributed by atoms with Crippen molar-refractivity contribution in [3.63, 3.8) is 0 Å². The number of likely N-dealkylation sites (N-methyl/N-ethyl adjacent to an activating group) is 1. The third kappa shape index (κ3) is 2.71. The summed E-state index contributed by atoms with van der Waals surface area (Å²) < 4.78 is 0.837. The Kier molecular flexibility index (Phi) is 5.20. The molecule has 0 heterocycles. The van der Waals surface area contributed by atoms with Crippen molar-refractivity contribution in [3.05, 3.63) is 33.3 Å². The molecule has 0 fully saturated rings. The Morgan fingerprint density at radius 2 is 2.00 bits per heavy atom. The highest BCUT2D eigenvalue weighted by molar-refractivity contribution is 9.10. The van der Waals surface area contributed by atoms with E-state index in [1.54, 1.807) is 19.1 Å². The predicted octanol–water partition coefficient (Wildman–Crippen LogP) is 3.74. The van der Waals surface area contributed by atoms with Gasteiger partial charge >= 0.3 is 5.97 Å². The molecule has 1 atom stereocenters. The lowest BCUT2D eigenvalue weighted by molar-refractivity contribution is -0.151. The zero-order valence-corrected chi connectivity index (χ0v) is 13.0. The molecule has 0 aliphatic carbocycles. The first-order valence-corrected chi connectivity index (χ1v) is 6.98. The van der Waals surface area contributed by atoms with Gasteiger partial charge in [0.05, 0.1) is 0 Å². The predicted molar refractivity (Wildman–Crippen MR) is 77.1 cm³/mol. The van der Waals surface area contributed by atoms with Crippen LogP contribution in [0.2, 0.25) is 5.02 Å². The van der Waals surface area contributed by atoms with E-state index in [0.29, 0.717) is 23.7 Å². The van der Waals surface area contributed by atoms with Gasteiger partial charge in [0, 0.05) is 15.1 Å². The van der Waals surface area contributed by atoms with Gasteiger partial charge in [0.25, 0.3) is 0 Å². The van der Waals surface area contributed by atoms with Crippen molar-refractivity contribution in [2.45, 2.75) is 26.3 Å². The number of rotatable bonds is 5. The molecule has 0 radical (unpaired) electrons. The first kappa shape index (κ1) is 15.5. The summed E-state index contributed by atoms with van der Waals surface area (Å²) in [6.07, 6.45) is 0. The van der Waals surface area contributed by atoms with E-state index in [-0.39, 0.29) is 0 Å². The zero-order valence-electron chi connectivity index (χ0n) is 10.7. The van der Waals surface area contributed by atoms with Gasteiger partial charge in [-0.2, -0.15) is 0 Å². The SMILES string of the molecule is CCN(CC)C(C)(C(=O)O)c1ccc(Br)cc1Cl. The topological polar surface area (TPSA) is 40.5 Å². The van der Waals surface area contributed by atoms with Gasteiger partial charge in [0.15, 0.2) is 0 Å². The minimum Gasteiger partial charge on any atom is -0.480 e. The molecule has 0 saturated carbocycles. The Balaban J connectivity index is 3.40. The van der Waals surface area contributed by atoms with Gasteiger partial charge in [-0.1, -0.05) is 47.4 Å². The van der Waals surface area contributed by atoms with Crippen LogP contribution in [0.1, 0.15) is 26.3 Å². The second-order valence-electron chi connectivity index (χ2n) is 4.17. The molecular weight excluding hydrogens is 318 g/mol. The van der Waals surface area contributed by atoms with Gasteiger partial charge in [-0.15, -0.1) is 0 Å². The van der Waals surface area contributed by atoms with E-state index in [2.05, 4.69) is 15.9 Å². The molecule has 0 aliphatic rings. The first-order chi connectivity index (χ1) is 8.37. The highest BCUT2D eigenvalue weighted by atomic mass is 79.9. The molecule has 0 bridgehead atoms. The lowest BCUT2D eigenvalue weighted by Gasteiger charge is -2.37. The number of hydrogen-bond acceptors (Lipinski definition) is 2. The van der Waals surface area contributed by atoms with Crippen LogP contribution in [0.4, 0.5) is 0 Å². The molecule has 100 valence electrons. The van der Waals surface area contributed by atoms with Crippen molar-refractivity contribution in [2.24, 2.45) is 0 Å². The minimum atomic E-state index is -1.11. The van der Waals surface area contributed by atoms with Crippen molar-refractivity contribution in [3.8, 4) is 0 Å². The molecule has 0 spiro atoms. The third-order valence-corrected chi connectivity index (χ3v) is 4.07. The number of hydrogen-bond donors (Lipinski definition) is 1. The third-order valence-electron chi connectivity index (χ3n) is 3.27. The zero-order chi connectivity index (χ0) is 13.9. The van der Waals surface area contributed by atoms with Crippen molar-refractivity contribution >= 4 is 33.5 Å². The standard InChI is InChI=1S/C13H17BrClNO2/c1-4-16(5-2)13(3,12(17)18)10-7-6-9(14)8-11(10)15/h6-8H,4-5H2,1-3H3,(H,17,18). The number of halogens is 2. The van der Waals surface area contributed by atoms with Crippen LogP contribution in [0.25, 0.3) is 0 Å². The van der Waals surface area contributed by atoms with Gasteiger partial charge < -0.3 is 5.11 Å². The number of aliphatic carboxylic acids is 1. The number of carboxylic acids is 1. The Morgan fingerprint density at radius 3 is 2.39 bits per heavy atom. The lowest BCUT2D eigenvalue weighted by Crippen LogP contribution is -2.49. The monoisotopic (exact) mass is 333 g/mol. The second-order valence-corrected chi connectivity index (χ2v) is 5.50. The average molecular weight is 335 g/mol. The van der Waals surface area contributed by atoms with E-state index < -0.39 is 11.5 Å². The maximum atomic E-state index is 11.7. The van der Waals surface area contributed by atoms with Crippen LogP contribution in [0.15, 0.2) is 22.7 Å². The Bertz CT molecular complexity index is 449. The van der Waals surface area contributed by atoms with E-state index in [0.717, 1.165) is 4.47 Å². The second kappa shape index (κ2) is 6.04. The number of carbonyl (C=O) groups is 1. The summed E-state index contributed by atoms with van der Waals surface area (Å²) in [7, 11) is 0. The Hall–Kier alpha value is -0.580. The Labute approximate surface area is 121 Å². The van der Waals surface area contributed by atoms with E-state index in [9.17, 15) is 9.90 Å². The van der Waals surface area contributed by atoms with Crippen LogP contribution < -0.4 is 0 Å². The van der Waals surface area contributed by atoms with Gasteiger partial charge in [0.1, 0.15) is 5.54 Å². The van der Waals surface area contributed by atoms with E-state index >= 15 is 0 Å². The van der Waals surface area contributed by atoms with Gasteiger partial charge in [-0.25, -0.2) is 4.79 Å². The molecule has 1 rings (SSSR count). The summed E-state index contributed by atoms with van der Waals surface area (Å²) in [4.78, 5) is 13.6. The number of carboxylic acid groups (broad SMARTS) is 1. The van der Waals surface area contributed by atoms with Crippen LogP contribution in [-0.2, 0) is 10.3 Å². The quantitative estimate of drug-likeness (QED) is 0.891. The molecule has 18 heavy (non-hydrogen) atoms. The number of benzene rings is 1. The minimum absolute atomic E-state index is 0.459. The van der Waals surface area contributed by atoms with E-state index in [1.807, 2.05) is 24.8 Å². The lowest BCUT2D eigenvalue weighted by atomic mass is 9.90. The highest BCUT2D eigenvalue weighted by Gasteiger charge is 2.41. The van der Waals surface area contributed by atoms with Crippen molar-refractivity contribution in [2.75, 3.05) is 13.1 Å². The van der Waals surface area contributed by atoms with Crippen LogP contribution >= 0.6 is 27.5 Å². The highest BCUT2D eigenvalue weighted by Crippen LogP contribution is 2.35. The molecule has 0 aliphatic heterocycles. The normalized spacial score (nSPS) is 14.6. The fourth-order valence-corrected chi connectivity index (χ4v) is 3.02. The summed E-state index contributed by atoms with van der Waals surface area (Å²) in [6.45, 7) is 6.86. The van der Waals surface area contributed by atoms with Crippen molar-refractivity contribution < 1.29 is 9.90 Å². The van der Waals surface area contributed by atoms with Crippen molar-refractivity contribution in [1.82, 2.24) is 4.90 Å². The molecule has 1 N–H and O–H groups in total. The summed E-state index contributed by atoms with van der Waals surface area (Å²) in [5, 5.41) is 10.1. The van der Waals surface area contributed by atoms with Crippen LogP contribution in [-0.4, -0.2) is 29.1 Å². The molecule has 1 aromatic rings. The smallest absolute Gasteiger partial charge is 0.328 e. The van der Waals surface area contributed by atoms with Crippen molar-refractivity contribution in [1.29, 1.82) is 0 Å². The molecule has 0 amide bonds. The molecule has 0 saturated heterocycles. The molecule has 5 heteroatoms. The first-order valence-electron chi connectivity index (χ1n) is 5.81. The van der Waals surface area contributed by atoms with Gasteiger partial charge in [-0.3, -0.25) is 4.90 Å². The average Bonchev–Trinajstić information content (AvgIpc) is 2.29. The van der Waals surface area contributed by atoms with Crippen LogP contribution in [0.5, 0.6) is 0 Å². The number of nitrogens with zero attached hydrogens (tertiary/aromatic N) is 1. The Morgan fingerprint density at radius 1 is 1.44 bits per heavy atom. The summed E-state index contributed by atoms with van der Waals surface area (Å²) >= 11 is 9.52. The summed E-state index contributed by atoms with van der Waals surface area (Å²) in [6, 6.07) is 5.30. The molecule has 3 nitrogen and oxygen atoms in total. The molecule has 0 aromatic heterocycles. The largest absolute Gasteiger partial charge is 0.480 e. The van der Waals surface area contributed by atoms with Gasteiger partial charge in [-0.05, 0) is 32.1 Å². The molecular formula is C13H17BrClNO2. The van der Waals surface area contributed by atoms with Crippen LogP contribution in [0, 0.1) is 0 Å². The maximum absolute atomic E-state index is 11.7. The van der Waals surface area contributed by atoms with Gasteiger partial charge in [0.2, 0.25) is 0 Å². The fourth-order valence-electron chi connectivity index (χ4n) is 2.16. The van der Waals surface area contributed by atoms with Crippen LogP contribution in [0.3, 0.4) is 0 Å². The fraction of sp³-hybridized carbons (Fsp3) is 0.462. The van der Waals surface area contributed by atoms with E-state index in [4.69, 9.17) is 11.6 Å². The summed E-state index contributed by atoms with van der Waals surface area (Å²) in [5.41, 5.74) is -0.495. The van der Waals surface area contributed by atoms with E-state index in [1.165, 1.54) is 0 Å². The molecule has 1 aromatic carbocycles.